The Bertz CT molecular complexity index is 1520. The van der Waals surface area contributed by atoms with Crippen LogP contribution in [0.25, 0.3) is 0 Å². The molecule has 0 heterocycles. The van der Waals surface area contributed by atoms with Gasteiger partial charge in [0.2, 0.25) is 0 Å². The Morgan fingerprint density at radius 1 is 0.253 bits per heavy atom. The smallest absolute Gasteiger partial charge is 0.306 e. The molecular formula is C77H138O6. The molecule has 0 rings (SSSR count). The minimum Gasteiger partial charge on any atom is -0.462 e. The minimum atomic E-state index is -0.785. The van der Waals surface area contributed by atoms with Crippen LogP contribution in [0.4, 0.5) is 0 Å². The van der Waals surface area contributed by atoms with E-state index in [1.54, 1.807) is 0 Å². The zero-order chi connectivity index (χ0) is 59.9. The van der Waals surface area contributed by atoms with Crippen molar-refractivity contribution in [1.82, 2.24) is 0 Å². The lowest BCUT2D eigenvalue weighted by molar-refractivity contribution is -0.167. The van der Waals surface area contributed by atoms with Crippen LogP contribution in [0.1, 0.15) is 380 Å². The van der Waals surface area contributed by atoms with E-state index in [0.717, 1.165) is 109 Å². The lowest BCUT2D eigenvalue weighted by Gasteiger charge is -2.18. The van der Waals surface area contributed by atoms with E-state index in [-0.39, 0.29) is 31.1 Å². The highest BCUT2D eigenvalue weighted by atomic mass is 16.6. The van der Waals surface area contributed by atoms with Crippen molar-refractivity contribution in [2.75, 3.05) is 13.2 Å². The second kappa shape index (κ2) is 71.3. The van der Waals surface area contributed by atoms with Crippen LogP contribution in [-0.4, -0.2) is 37.2 Å². The van der Waals surface area contributed by atoms with Crippen LogP contribution in [0.5, 0.6) is 0 Å². The molecule has 1 atom stereocenters. The van der Waals surface area contributed by atoms with Crippen LogP contribution in [0.3, 0.4) is 0 Å². The van der Waals surface area contributed by atoms with Gasteiger partial charge in [-0.1, -0.05) is 344 Å². The zero-order valence-electron chi connectivity index (χ0n) is 55.5. The number of hydrogen-bond donors (Lipinski definition) is 0. The number of carbonyl (C=O) groups excluding carboxylic acids is 3. The molecule has 0 saturated heterocycles. The summed E-state index contributed by atoms with van der Waals surface area (Å²) < 4.78 is 17.0. The van der Waals surface area contributed by atoms with E-state index in [0.29, 0.717) is 19.3 Å². The maximum absolute atomic E-state index is 12.9. The highest BCUT2D eigenvalue weighted by Gasteiger charge is 2.19. The second-order valence-electron chi connectivity index (χ2n) is 24.5. The molecule has 0 aliphatic rings. The van der Waals surface area contributed by atoms with E-state index < -0.39 is 6.10 Å². The van der Waals surface area contributed by atoms with Crippen molar-refractivity contribution in [2.24, 2.45) is 0 Å². The van der Waals surface area contributed by atoms with Crippen molar-refractivity contribution >= 4 is 17.9 Å². The number of rotatable bonds is 67. The van der Waals surface area contributed by atoms with Crippen molar-refractivity contribution in [3.05, 3.63) is 72.9 Å². The summed E-state index contributed by atoms with van der Waals surface area (Å²) in [6, 6.07) is 0. The molecule has 0 aliphatic heterocycles. The first-order valence-electron chi connectivity index (χ1n) is 36.4. The van der Waals surface area contributed by atoms with Crippen molar-refractivity contribution in [3.8, 4) is 0 Å². The first-order valence-corrected chi connectivity index (χ1v) is 36.4. The molecule has 0 fully saturated rings. The van der Waals surface area contributed by atoms with Gasteiger partial charge < -0.3 is 14.2 Å². The largest absolute Gasteiger partial charge is 0.462 e. The Hall–Kier alpha value is -3.15. The third-order valence-electron chi connectivity index (χ3n) is 16.2. The summed E-state index contributed by atoms with van der Waals surface area (Å²) in [4.78, 5) is 38.4. The number of allylic oxidation sites excluding steroid dienone is 12. The minimum absolute atomic E-state index is 0.0789. The van der Waals surface area contributed by atoms with E-state index in [2.05, 4.69) is 93.7 Å². The maximum Gasteiger partial charge on any atom is 0.306 e. The fourth-order valence-electron chi connectivity index (χ4n) is 10.8. The van der Waals surface area contributed by atoms with Crippen LogP contribution >= 0.6 is 0 Å². The molecule has 0 N–H and O–H groups in total. The molecular weight excluding hydrogens is 1020 g/mol. The van der Waals surface area contributed by atoms with Crippen molar-refractivity contribution in [1.29, 1.82) is 0 Å². The first-order chi connectivity index (χ1) is 41.0. The monoisotopic (exact) mass is 1160 g/mol. The third-order valence-corrected chi connectivity index (χ3v) is 16.2. The number of esters is 3. The number of unbranched alkanes of at least 4 members (excludes halogenated alkanes) is 44. The molecule has 1 unspecified atom stereocenters. The maximum atomic E-state index is 12.9. The van der Waals surface area contributed by atoms with E-state index in [1.165, 1.54) is 231 Å². The van der Waals surface area contributed by atoms with Gasteiger partial charge in [0.25, 0.3) is 0 Å². The SMILES string of the molecule is CC/C=C\C/C=C\C/C=C\C/C=C\C/C=C\CCCCCCCC(=O)OC(COC(=O)CCCCCCCCCCCCCCC)COC(=O)CCCCCCCCCCCCCCCCCCCCC/C=C\CCCCCCCCCC. The average molecular weight is 1160 g/mol. The molecule has 6 nitrogen and oxygen atoms in total. The van der Waals surface area contributed by atoms with Gasteiger partial charge in [-0.2, -0.15) is 0 Å². The van der Waals surface area contributed by atoms with Gasteiger partial charge in [0.1, 0.15) is 13.2 Å². The van der Waals surface area contributed by atoms with E-state index in [9.17, 15) is 14.4 Å². The molecule has 83 heavy (non-hydrogen) atoms. The second-order valence-corrected chi connectivity index (χ2v) is 24.5. The molecule has 0 aliphatic carbocycles. The summed E-state index contributed by atoms with van der Waals surface area (Å²) in [5.41, 5.74) is 0. The van der Waals surface area contributed by atoms with Crippen molar-refractivity contribution < 1.29 is 28.6 Å². The van der Waals surface area contributed by atoms with Crippen molar-refractivity contribution in [3.63, 3.8) is 0 Å². The molecule has 482 valence electrons. The Balaban J connectivity index is 4.21. The first kappa shape index (κ1) is 79.8. The molecule has 0 radical (unpaired) electrons. The van der Waals surface area contributed by atoms with E-state index >= 15 is 0 Å². The van der Waals surface area contributed by atoms with Gasteiger partial charge in [0.15, 0.2) is 6.10 Å². The summed E-state index contributed by atoms with van der Waals surface area (Å²) in [6.07, 6.45) is 93.7. The van der Waals surface area contributed by atoms with Gasteiger partial charge in [0.05, 0.1) is 0 Å². The molecule has 0 aromatic rings. The number of carbonyl (C=O) groups is 3. The van der Waals surface area contributed by atoms with Gasteiger partial charge in [-0.25, -0.2) is 0 Å². The Morgan fingerprint density at radius 3 is 0.747 bits per heavy atom. The normalized spacial score (nSPS) is 12.5. The predicted octanol–water partition coefficient (Wildman–Crippen LogP) is 25.2. The van der Waals surface area contributed by atoms with Crippen molar-refractivity contribution in [2.45, 2.75) is 386 Å². The summed E-state index contributed by atoms with van der Waals surface area (Å²) in [5.74, 6) is -0.875. The van der Waals surface area contributed by atoms with Crippen LogP contribution in [0.15, 0.2) is 72.9 Å². The highest BCUT2D eigenvalue weighted by molar-refractivity contribution is 5.71. The Labute approximate surface area is 516 Å². The lowest BCUT2D eigenvalue weighted by atomic mass is 10.0. The summed E-state index contributed by atoms with van der Waals surface area (Å²) in [7, 11) is 0. The highest BCUT2D eigenvalue weighted by Crippen LogP contribution is 2.18. The summed E-state index contributed by atoms with van der Waals surface area (Å²) in [5, 5.41) is 0. The summed E-state index contributed by atoms with van der Waals surface area (Å²) in [6.45, 7) is 6.57. The number of ether oxygens (including phenoxy) is 3. The van der Waals surface area contributed by atoms with E-state index in [1.807, 2.05) is 0 Å². The molecule has 0 amide bonds. The van der Waals surface area contributed by atoms with Crippen LogP contribution in [-0.2, 0) is 28.6 Å². The van der Waals surface area contributed by atoms with Crippen LogP contribution in [0.2, 0.25) is 0 Å². The average Bonchev–Trinajstić information content (AvgIpc) is 3.49. The fraction of sp³-hybridized carbons (Fsp3) is 0.805. The summed E-state index contributed by atoms with van der Waals surface area (Å²) >= 11 is 0. The van der Waals surface area contributed by atoms with Gasteiger partial charge in [0, 0.05) is 19.3 Å². The molecule has 0 aromatic heterocycles. The molecule has 0 bridgehead atoms. The predicted molar refractivity (Wildman–Crippen MR) is 362 cm³/mol. The van der Waals surface area contributed by atoms with Gasteiger partial charge in [-0.3, -0.25) is 14.4 Å². The lowest BCUT2D eigenvalue weighted by Crippen LogP contribution is -2.30. The number of hydrogen-bond acceptors (Lipinski definition) is 6. The zero-order valence-corrected chi connectivity index (χ0v) is 55.5. The quantitative estimate of drug-likeness (QED) is 0.0261. The van der Waals surface area contributed by atoms with Gasteiger partial charge in [-0.15, -0.1) is 0 Å². The van der Waals surface area contributed by atoms with Crippen LogP contribution < -0.4 is 0 Å². The fourth-order valence-corrected chi connectivity index (χ4v) is 10.8. The standard InChI is InChI=1S/C77H138O6/c1-4-7-10-13-16-19-22-25-27-29-31-33-34-35-36-37-38-39-40-41-42-44-45-47-49-52-55-58-61-64-67-70-76(79)82-73-74(72-81-75(78)69-66-63-60-57-54-51-24-21-18-15-12-9-6-3)83-77(80)71-68-65-62-59-56-53-50-48-46-43-32-30-28-26-23-20-17-14-11-8-5-2/h8,11,17,20,26,28-29,31-32,43,48,50,74H,4-7,9-10,12-16,18-19,21-25,27,30,33-42,44-47,49,51-73H2,1-3H3/b11-8-,20-17-,28-26-,31-29-,43-32-,50-48-. The van der Waals surface area contributed by atoms with E-state index in [4.69, 9.17) is 14.2 Å². The van der Waals surface area contributed by atoms with Crippen LogP contribution in [0, 0.1) is 0 Å². The molecule has 0 spiro atoms. The topological polar surface area (TPSA) is 78.9 Å². The van der Waals surface area contributed by atoms with Gasteiger partial charge in [-0.05, 0) is 89.9 Å². The molecule has 6 heteroatoms. The molecule has 0 aromatic carbocycles. The molecule has 0 saturated carbocycles. The Kier molecular flexibility index (Phi) is 68.6. The third kappa shape index (κ3) is 69.5. The van der Waals surface area contributed by atoms with Gasteiger partial charge >= 0.3 is 17.9 Å². The Morgan fingerprint density at radius 2 is 0.470 bits per heavy atom.